The Morgan fingerprint density at radius 1 is 0.719 bits per heavy atom. The van der Waals surface area contributed by atoms with E-state index in [2.05, 4.69) is 21.1 Å². The highest BCUT2D eigenvalue weighted by atomic mass is 16.7. The van der Waals surface area contributed by atoms with Gasteiger partial charge in [-0.1, -0.05) is 0 Å². The summed E-state index contributed by atoms with van der Waals surface area (Å²) in [4.78, 5) is 23.7. The van der Waals surface area contributed by atoms with Crippen molar-refractivity contribution in [2.75, 3.05) is 13.6 Å². The molecular formula is C22H22N4O6. The van der Waals surface area contributed by atoms with E-state index in [1.54, 1.807) is 24.3 Å². The second-order valence-corrected chi connectivity index (χ2v) is 7.02. The lowest BCUT2D eigenvalue weighted by molar-refractivity contribution is -0.123. The first-order chi connectivity index (χ1) is 15.7. The Morgan fingerprint density at radius 3 is 1.62 bits per heavy atom. The van der Waals surface area contributed by atoms with Gasteiger partial charge in [0.1, 0.15) is 0 Å². The van der Waals surface area contributed by atoms with E-state index < -0.39 is 0 Å². The van der Waals surface area contributed by atoms with Crippen LogP contribution in [0.5, 0.6) is 23.0 Å². The van der Waals surface area contributed by atoms with E-state index >= 15 is 0 Å². The molecule has 2 aliphatic heterocycles. The Morgan fingerprint density at radius 2 is 1.16 bits per heavy atom. The molecule has 0 atom stereocenters. The van der Waals surface area contributed by atoms with Crippen LogP contribution >= 0.6 is 0 Å². The average Bonchev–Trinajstić information content (AvgIpc) is 3.45. The number of rotatable bonds is 9. The molecular weight excluding hydrogens is 416 g/mol. The molecule has 2 aromatic rings. The lowest BCUT2D eigenvalue weighted by Gasteiger charge is -2.01. The van der Waals surface area contributed by atoms with E-state index in [1.807, 2.05) is 12.1 Å². The smallest absolute Gasteiger partial charge is 0.240 e. The Kier molecular flexibility index (Phi) is 6.81. The molecule has 2 heterocycles. The number of amides is 2. The summed E-state index contributed by atoms with van der Waals surface area (Å²) in [5, 5.41) is 7.87. The summed E-state index contributed by atoms with van der Waals surface area (Å²) in [7, 11) is 0. The van der Waals surface area contributed by atoms with Crippen molar-refractivity contribution >= 4 is 24.2 Å². The molecule has 2 amide bonds. The molecule has 166 valence electrons. The monoisotopic (exact) mass is 438 g/mol. The van der Waals surface area contributed by atoms with E-state index in [-0.39, 0.29) is 38.2 Å². The van der Waals surface area contributed by atoms with Gasteiger partial charge in [-0.2, -0.15) is 10.2 Å². The number of fused-ring (bicyclic) bond motifs is 2. The van der Waals surface area contributed by atoms with Crippen LogP contribution in [0.1, 0.15) is 36.8 Å². The summed E-state index contributed by atoms with van der Waals surface area (Å²) >= 11 is 0. The van der Waals surface area contributed by atoms with Gasteiger partial charge in [-0.05, 0) is 60.4 Å². The van der Waals surface area contributed by atoms with Crippen LogP contribution in [0.3, 0.4) is 0 Å². The van der Waals surface area contributed by atoms with Gasteiger partial charge in [0.25, 0.3) is 0 Å². The predicted molar refractivity (Wildman–Crippen MR) is 115 cm³/mol. The third-order valence-corrected chi connectivity index (χ3v) is 4.66. The number of hydrogen-bond acceptors (Lipinski definition) is 8. The minimum atomic E-state index is -0.219. The molecule has 0 bridgehead atoms. The molecule has 0 unspecified atom stereocenters. The second kappa shape index (κ2) is 10.3. The Balaban J connectivity index is 1.09. The van der Waals surface area contributed by atoms with Gasteiger partial charge in [0.15, 0.2) is 23.0 Å². The second-order valence-electron chi connectivity index (χ2n) is 7.02. The number of benzene rings is 2. The molecule has 0 radical (unpaired) electrons. The van der Waals surface area contributed by atoms with Crippen LogP contribution < -0.4 is 29.8 Å². The van der Waals surface area contributed by atoms with Gasteiger partial charge in [-0.3, -0.25) is 9.59 Å². The maximum absolute atomic E-state index is 11.9. The molecule has 10 nitrogen and oxygen atoms in total. The van der Waals surface area contributed by atoms with Crippen molar-refractivity contribution in [2.24, 2.45) is 10.2 Å². The topological polar surface area (TPSA) is 120 Å². The van der Waals surface area contributed by atoms with E-state index in [1.165, 1.54) is 12.4 Å². The number of carbonyl (C=O) groups excluding carboxylic acids is 2. The number of hydrogen-bond donors (Lipinski definition) is 2. The largest absolute Gasteiger partial charge is 0.454 e. The first-order valence-electron chi connectivity index (χ1n) is 10.1. The van der Waals surface area contributed by atoms with Crippen molar-refractivity contribution in [3.05, 3.63) is 47.5 Å². The van der Waals surface area contributed by atoms with Crippen molar-refractivity contribution in [3.8, 4) is 23.0 Å². The summed E-state index contributed by atoms with van der Waals surface area (Å²) in [6, 6.07) is 10.8. The van der Waals surface area contributed by atoms with Gasteiger partial charge < -0.3 is 18.9 Å². The maximum Gasteiger partial charge on any atom is 0.240 e. The summed E-state index contributed by atoms with van der Waals surface area (Å²) < 4.78 is 21.1. The highest BCUT2D eigenvalue weighted by Crippen LogP contribution is 2.32. The zero-order valence-electron chi connectivity index (χ0n) is 17.2. The van der Waals surface area contributed by atoms with E-state index in [0.717, 1.165) is 11.1 Å². The molecule has 0 saturated carbocycles. The molecule has 2 aliphatic rings. The first-order valence-corrected chi connectivity index (χ1v) is 10.1. The quantitative estimate of drug-likeness (QED) is 0.352. The average molecular weight is 438 g/mol. The van der Waals surface area contributed by atoms with Gasteiger partial charge in [0.2, 0.25) is 25.4 Å². The van der Waals surface area contributed by atoms with Crippen LogP contribution in [-0.2, 0) is 9.59 Å². The Hall–Kier alpha value is -4.08. The third-order valence-electron chi connectivity index (χ3n) is 4.66. The highest BCUT2D eigenvalue weighted by Gasteiger charge is 2.13. The number of carbonyl (C=O) groups is 2. The van der Waals surface area contributed by atoms with E-state index in [4.69, 9.17) is 18.9 Å². The number of nitrogens with zero attached hydrogens (tertiary/aromatic N) is 2. The summed E-state index contributed by atoms with van der Waals surface area (Å²) in [6.45, 7) is 0.411. The molecule has 0 aliphatic carbocycles. The SMILES string of the molecule is O=C(CCCCC(=O)N/N=C/c1ccc2c(c1)OCO2)N/N=C/c1ccc2c(c1)OCO2. The van der Waals surface area contributed by atoms with E-state index in [9.17, 15) is 9.59 Å². The lowest BCUT2D eigenvalue weighted by Crippen LogP contribution is -2.19. The van der Waals surface area contributed by atoms with Gasteiger partial charge in [0.05, 0.1) is 12.4 Å². The lowest BCUT2D eigenvalue weighted by atomic mass is 10.2. The number of nitrogens with one attached hydrogen (secondary N) is 2. The Bertz CT molecular complexity index is 969. The molecule has 2 N–H and O–H groups in total. The minimum absolute atomic E-state index is 0.205. The zero-order valence-corrected chi connectivity index (χ0v) is 17.2. The van der Waals surface area contributed by atoms with E-state index in [0.29, 0.717) is 35.8 Å². The highest BCUT2D eigenvalue weighted by molar-refractivity contribution is 5.84. The van der Waals surface area contributed by atoms with Crippen LogP contribution in [0.2, 0.25) is 0 Å². The van der Waals surface area contributed by atoms with Crippen LogP contribution in [0.25, 0.3) is 0 Å². The molecule has 0 saturated heterocycles. The molecule has 0 spiro atoms. The number of ether oxygens (including phenoxy) is 4. The molecule has 4 rings (SSSR count). The number of unbranched alkanes of at least 4 members (excludes halogenated alkanes) is 1. The van der Waals surface area contributed by atoms with Gasteiger partial charge in [0, 0.05) is 12.8 Å². The predicted octanol–water partition coefficient (Wildman–Crippen LogP) is 2.30. The van der Waals surface area contributed by atoms with Crippen molar-refractivity contribution in [1.82, 2.24) is 10.9 Å². The maximum atomic E-state index is 11.9. The summed E-state index contributed by atoms with van der Waals surface area (Å²) in [6.07, 6.45) is 4.73. The summed E-state index contributed by atoms with van der Waals surface area (Å²) in [5.41, 5.74) is 6.51. The first kappa shape index (κ1) is 21.2. The minimum Gasteiger partial charge on any atom is -0.454 e. The van der Waals surface area contributed by atoms with Gasteiger partial charge in [-0.15, -0.1) is 0 Å². The molecule has 2 aromatic carbocycles. The van der Waals surface area contributed by atoms with Crippen molar-refractivity contribution in [2.45, 2.75) is 25.7 Å². The van der Waals surface area contributed by atoms with Gasteiger partial charge >= 0.3 is 0 Å². The Labute approximate surface area is 184 Å². The molecule has 10 heteroatoms. The fraction of sp³-hybridized carbons (Fsp3) is 0.273. The molecule has 32 heavy (non-hydrogen) atoms. The van der Waals surface area contributed by atoms with Crippen LogP contribution in [0.4, 0.5) is 0 Å². The van der Waals surface area contributed by atoms with Crippen LogP contribution in [-0.4, -0.2) is 37.8 Å². The fourth-order valence-electron chi connectivity index (χ4n) is 3.03. The van der Waals surface area contributed by atoms with Crippen LogP contribution in [0.15, 0.2) is 46.6 Å². The van der Waals surface area contributed by atoms with Crippen molar-refractivity contribution < 1.29 is 28.5 Å². The third kappa shape index (κ3) is 5.75. The molecule has 0 fully saturated rings. The van der Waals surface area contributed by atoms with Crippen LogP contribution in [0, 0.1) is 0 Å². The van der Waals surface area contributed by atoms with Crippen molar-refractivity contribution in [3.63, 3.8) is 0 Å². The normalized spacial score (nSPS) is 13.6. The van der Waals surface area contributed by atoms with Gasteiger partial charge in [-0.25, -0.2) is 10.9 Å². The molecule has 0 aromatic heterocycles. The van der Waals surface area contributed by atoms with Crippen molar-refractivity contribution in [1.29, 1.82) is 0 Å². The fourth-order valence-corrected chi connectivity index (χ4v) is 3.03. The summed E-state index contributed by atoms with van der Waals surface area (Å²) in [5.74, 6) is 2.24. The standard InChI is InChI=1S/C22H22N4O6/c27-21(25-23-11-15-5-7-17-19(9-15)31-13-29-17)3-1-2-4-22(28)26-24-12-16-6-8-18-20(10-16)32-14-30-18/h5-12H,1-4,13-14H2,(H,25,27)(H,26,28)/b23-11+,24-12+. The zero-order chi connectivity index (χ0) is 22.2. The number of hydrazone groups is 2.